The van der Waals surface area contributed by atoms with Crippen LogP contribution in [-0.2, 0) is 0 Å². The van der Waals surface area contributed by atoms with Crippen LogP contribution in [0.25, 0.3) is 0 Å². The number of benzene rings is 1. The van der Waals surface area contributed by atoms with Crippen LogP contribution in [0.1, 0.15) is 18.1 Å². The summed E-state index contributed by atoms with van der Waals surface area (Å²) in [6, 6.07) is 2.79. The van der Waals surface area contributed by atoms with Gasteiger partial charge in [-0.1, -0.05) is 11.6 Å². The minimum absolute atomic E-state index is 0.0218. The molecule has 0 heterocycles. The van der Waals surface area contributed by atoms with Gasteiger partial charge in [0.05, 0.1) is 18.2 Å². The van der Waals surface area contributed by atoms with Crippen molar-refractivity contribution in [1.82, 2.24) is 0 Å². The first-order valence-corrected chi connectivity index (χ1v) is 4.89. The number of aliphatic hydroxyl groups excluding tert-OH is 1. The lowest BCUT2D eigenvalue weighted by molar-refractivity contribution is 0.170. The Bertz CT molecular complexity index is 346. The van der Waals surface area contributed by atoms with Crippen LogP contribution >= 0.6 is 11.6 Å². The van der Waals surface area contributed by atoms with Crippen molar-refractivity contribution in [2.45, 2.75) is 12.5 Å². The highest BCUT2D eigenvalue weighted by Crippen LogP contribution is 2.30. The molecule has 0 aromatic heterocycles. The highest BCUT2D eigenvalue weighted by Gasteiger charge is 2.14. The van der Waals surface area contributed by atoms with Gasteiger partial charge in [0, 0.05) is 0 Å². The molecule has 1 rings (SSSR count). The predicted octanol–water partition coefficient (Wildman–Crippen LogP) is 1.87. The van der Waals surface area contributed by atoms with Gasteiger partial charge < -0.3 is 15.6 Å². The van der Waals surface area contributed by atoms with Gasteiger partial charge >= 0.3 is 0 Å². The highest BCUT2D eigenvalue weighted by molar-refractivity contribution is 6.31. The number of hydrogen-bond acceptors (Lipinski definition) is 3. The third-order valence-corrected chi connectivity index (χ3v) is 2.34. The van der Waals surface area contributed by atoms with Gasteiger partial charge in [0.25, 0.3) is 0 Å². The number of hydrogen-bond donors (Lipinski definition) is 2. The number of aliphatic hydroxyl groups is 1. The second kappa shape index (κ2) is 5.30. The van der Waals surface area contributed by atoms with Crippen LogP contribution in [0.15, 0.2) is 12.1 Å². The Labute approximate surface area is 92.6 Å². The van der Waals surface area contributed by atoms with E-state index in [9.17, 15) is 9.50 Å². The molecule has 0 saturated heterocycles. The van der Waals surface area contributed by atoms with Gasteiger partial charge in [-0.15, -0.1) is 0 Å². The monoisotopic (exact) mass is 233 g/mol. The van der Waals surface area contributed by atoms with E-state index in [1.54, 1.807) is 0 Å². The zero-order valence-electron chi connectivity index (χ0n) is 8.34. The minimum Gasteiger partial charge on any atom is -0.494 e. The third kappa shape index (κ3) is 2.81. The van der Waals surface area contributed by atoms with Crippen LogP contribution in [-0.4, -0.2) is 18.8 Å². The van der Waals surface area contributed by atoms with Crippen molar-refractivity contribution in [1.29, 1.82) is 0 Å². The molecule has 0 amide bonds. The molecule has 15 heavy (non-hydrogen) atoms. The van der Waals surface area contributed by atoms with Crippen molar-refractivity contribution >= 4 is 11.6 Å². The fraction of sp³-hybridized carbons (Fsp3) is 0.400. The largest absolute Gasteiger partial charge is 0.494 e. The van der Waals surface area contributed by atoms with Crippen molar-refractivity contribution in [3.8, 4) is 5.75 Å². The van der Waals surface area contributed by atoms with E-state index in [2.05, 4.69) is 0 Å². The molecule has 0 aliphatic rings. The molecular weight excluding hydrogens is 221 g/mol. The van der Waals surface area contributed by atoms with Crippen molar-refractivity contribution in [3.63, 3.8) is 0 Å². The van der Waals surface area contributed by atoms with Crippen molar-refractivity contribution in [2.24, 2.45) is 5.73 Å². The summed E-state index contributed by atoms with van der Waals surface area (Å²) in [4.78, 5) is 0. The number of ether oxygens (including phenoxy) is 1. The number of nitrogens with two attached hydrogens (primary N) is 1. The Balaban J connectivity index is 3.05. The molecule has 1 aromatic carbocycles. The number of halogens is 2. The van der Waals surface area contributed by atoms with Gasteiger partial charge in [-0.25, -0.2) is 4.39 Å². The van der Waals surface area contributed by atoms with E-state index in [0.29, 0.717) is 18.5 Å². The van der Waals surface area contributed by atoms with E-state index in [-0.39, 0.29) is 10.8 Å². The molecule has 5 heteroatoms. The first-order chi connectivity index (χ1) is 7.10. The number of rotatable bonds is 4. The molecule has 3 N–H and O–H groups in total. The molecule has 3 nitrogen and oxygen atoms in total. The van der Waals surface area contributed by atoms with E-state index in [4.69, 9.17) is 22.1 Å². The Morgan fingerprint density at radius 3 is 2.80 bits per heavy atom. The summed E-state index contributed by atoms with van der Waals surface area (Å²) < 4.78 is 18.1. The molecule has 0 radical (unpaired) electrons. The average molecular weight is 234 g/mol. The van der Waals surface area contributed by atoms with Gasteiger partial charge in [0.2, 0.25) is 0 Å². The SMILES string of the molecule is COc1cc(C(O)CCN)cc(Cl)c1F. The Hall–Kier alpha value is -0.840. The Morgan fingerprint density at radius 1 is 1.60 bits per heavy atom. The second-order valence-electron chi connectivity index (χ2n) is 3.11. The third-order valence-electron chi connectivity index (χ3n) is 2.06. The van der Waals surface area contributed by atoms with Crippen molar-refractivity contribution < 1.29 is 14.2 Å². The molecular formula is C10H13ClFNO2. The van der Waals surface area contributed by atoms with E-state index in [1.807, 2.05) is 0 Å². The van der Waals surface area contributed by atoms with E-state index < -0.39 is 11.9 Å². The lowest BCUT2D eigenvalue weighted by Crippen LogP contribution is -2.07. The van der Waals surface area contributed by atoms with Crippen LogP contribution in [0.5, 0.6) is 5.75 Å². The topological polar surface area (TPSA) is 55.5 Å². The molecule has 84 valence electrons. The van der Waals surface area contributed by atoms with Crippen LogP contribution in [0.2, 0.25) is 5.02 Å². The maximum atomic E-state index is 13.3. The maximum absolute atomic E-state index is 13.3. The summed E-state index contributed by atoms with van der Waals surface area (Å²) in [5, 5.41) is 9.57. The molecule has 0 aliphatic heterocycles. The first-order valence-electron chi connectivity index (χ1n) is 4.51. The zero-order valence-corrected chi connectivity index (χ0v) is 9.09. The standard InChI is InChI=1S/C10H13ClFNO2/c1-15-9-5-6(8(14)2-3-13)4-7(11)10(9)12/h4-5,8,14H,2-3,13H2,1H3. The Kier molecular flexibility index (Phi) is 4.32. The molecule has 1 aromatic rings. The van der Waals surface area contributed by atoms with E-state index in [1.165, 1.54) is 19.2 Å². The van der Waals surface area contributed by atoms with Crippen molar-refractivity contribution in [3.05, 3.63) is 28.5 Å². The maximum Gasteiger partial charge on any atom is 0.183 e. The van der Waals surface area contributed by atoms with Crippen LogP contribution < -0.4 is 10.5 Å². The molecule has 1 atom stereocenters. The fourth-order valence-corrected chi connectivity index (χ4v) is 1.47. The molecule has 0 spiro atoms. The second-order valence-corrected chi connectivity index (χ2v) is 3.52. The fourth-order valence-electron chi connectivity index (χ4n) is 1.25. The number of methoxy groups -OCH3 is 1. The smallest absolute Gasteiger partial charge is 0.183 e. The van der Waals surface area contributed by atoms with Crippen LogP contribution in [0.4, 0.5) is 4.39 Å². The highest BCUT2D eigenvalue weighted by atomic mass is 35.5. The lowest BCUT2D eigenvalue weighted by Gasteiger charge is -2.12. The first kappa shape index (κ1) is 12.2. The summed E-state index contributed by atoms with van der Waals surface area (Å²) in [5.41, 5.74) is 5.81. The van der Waals surface area contributed by atoms with Gasteiger partial charge in [0.1, 0.15) is 0 Å². The zero-order chi connectivity index (χ0) is 11.4. The molecule has 1 unspecified atom stereocenters. The average Bonchev–Trinajstić information content (AvgIpc) is 2.22. The predicted molar refractivity (Wildman–Crippen MR) is 56.6 cm³/mol. The van der Waals surface area contributed by atoms with E-state index in [0.717, 1.165) is 0 Å². The van der Waals surface area contributed by atoms with Gasteiger partial charge in [-0.2, -0.15) is 0 Å². The van der Waals surface area contributed by atoms with Crippen molar-refractivity contribution in [2.75, 3.05) is 13.7 Å². The van der Waals surface area contributed by atoms with Crippen LogP contribution in [0, 0.1) is 5.82 Å². The summed E-state index contributed by atoms with van der Waals surface area (Å²) in [5.74, 6) is -0.601. The molecule has 0 saturated carbocycles. The lowest BCUT2D eigenvalue weighted by atomic mass is 10.1. The quantitative estimate of drug-likeness (QED) is 0.835. The minimum atomic E-state index is -0.748. The summed E-state index contributed by atoms with van der Waals surface area (Å²) >= 11 is 5.64. The molecule has 0 fully saturated rings. The normalized spacial score (nSPS) is 12.6. The summed E-state index contributed by atoms with van der Waals surface area (Å²) in [7, 11) is 1.34. The van der Waals surface area contributed by atoms with Gasteiger partial charge in [-0.05, 0) is 30.7 Å². The Morgan fingerprint density at radius 2 is 2.27 bits per heavy atom. The van der Waals surface area contributed by atoms with E-state index >= 15 is 0 Å². The summed E-state index contributed by atoms with van der Waals surface area (Å²) in [6.07, 6.45) is -0.354. The van der Waals surface area contributed by atoms with Gasteiger partial charge in [-0.3, -0.25) is 0 Å². The summed E-state index contributed by atoms with van der Waals surface area (Å²) in [6.45, 7) is 0.346. The molecule has 0 bridgehead atoms. The molecule has 0 aliphatic carbocycles. The van der Waals surface area contributed by atoms with Crippen LogP contribution in [0.3, 0.4) is 0 Å². The van der Waals surface area contributed by atoms with Gasteiger partial charge in [0.15, 0.2) is 11.6 Å².